The first-order chi connectivity index (χ1) is 8.26. The van der Waals surface area contributed by atoms with E-state index in [1.807, 2.05) is 18.2 Å². The number of nitrogens with one attached hydrogen (secondary N) is 1. The van der Waals surface area contributed by atoms with Crippen molar-refractivity contribution in [3.05, 3.63) is 30.3 Å². The molecule has 0 radical (unpaired) electrons. The van der Waals surface area contributed by atoms with Gasteiger partial charge in [0.25, 0.3) is 0 Å². The van der Waals surface area contributed by atoms with Gasteiger partial charge in [-0.05, 0) is 30.6 Å². The summed E-state index contributed by atoms with van der Waals surface area (Å²) in [6, 6.07) is 12.3. The predicted octanol–water partition coefficient (Wildman–Crippen LogP) is 3.24. The van der Waals surface area contributed by atoms with Crippen LogP contribution in [0, 0.1) is 0 Å². The Balaban J connectivity index is 2.28. The average molecular weight is 253 g/mol. The lowest BCUT2D eigenvalue weighted by atomic mass is 10.3. The summed E-state index contributed by atoms with van der Waals surface area (Å²) in [7, 11) is 1.64. The summed E-state index contributed by atoms with van der Waals surface area (Å²) >= 11 is 0. The van der Waals surface area contributed by atoms with Crippen LogP contribution in [0.5, 0.6) is 0 Å². The van der Waals surface area contributed by atoms with E-state index in [2.05, 4.69) is 24.4 Å². The average Bonchev–Trinajstić information content (AvgIpc) is 2.41. The molecule has 0 saturated carbocycles. The van der Waals surface area contributed by atoms with Crippen molar-refractivity contribution < 1.29 is 8.85 Å². The molecule has 0 fully saturated rings. The standard InChI is InChI=1S/C13H23NO2Si/c1-4-17(15-2,16-3)12-8-11-14-13-9-6-5-7-10-13/h5-7,9-10,14H,4,8,11-12H2,1-3H3. The Kier molecular flexibility index (Phi) is 6.25. The van der Waals surface area contributed by atoms with Crippen LogP contribution < -0.4 is 5.32 Å². The van der Waals surface area contributed by atoms with Crippen LogP contribution in [-0.4, -0.2) is 29.3 Å². The van der Waals surface area contributed by atoms with E-state index in [0.717, 1.165) is 25.1 Å². The summed E-state index contributed by atoms with van der Waals surface area (Å²) in [5.41, 5.74) is 1.17. The van der Waals surface area contributed by atoms with Gasteiger partial charge in [0.05, 0.1) is 0 Å². The van der Waals surface area contributed by atoms with E-state index >= 15 is 0 Å². The molecule has 96 valence electrons. The van der Waals surface area contributed by atoms with Gasteiger partial charge in [-0.2, -0.15) is 0 Å². The Morgan fingerprint density at radius 1 is 1.12 bits per heavy atom. The molecule has 0 unspecified atom stereocenters. The van der Waals surface area contributed by atoms with Crippen molar-refractivity contribution in [3.8, 4) is 0 Å². The molecule has 1 aromatic carbocycles. The Morgan fingerprint density at radius 2 is 1.76 bits per heavy atom. The Morgan fingerprint density at radius 3 is 2.29 bits per heavy atom. The Labute approximate surface area is 105 Å². The number of anilines is 1. The van der Waals surface area contributed by atoms with Crippen molar-refractivity contribution in [2.45, 2.75) is 25.4 Å². The largest absolute Gasteiger partial charge is 0.398 e. The second-order valence-corrected chi connectivity index (χ2v) is 7.91. The second kappa shape index (κ2) is 7.48. The van der Waals surface area contributed by atoms with Gasteiger partial charge in [0, 0.05) is 26.5 Å². The van der Waals surface area contributed by atoms with E-state index in [0.29, 0.717) is 0 Å². The molecule has 0 aliphatic carbocycles. The molecule has 0 aliphatic rings. The molecule has 0 heterocycles. The lowest BCUT2D eigenvalue weighted by molar-refractivity contribution is 0.242. The summed E-state index contributed by atoms with van der Waals surface area (Å²) in [5, 5.41) is 3.40. The highest BCUT2D eigenvalue weighted by molar-refractivity contribution is 6.67. The minimum Gasteiger partial charge on any atom is -0.398 e. The van der Waals surface area contributed by atoms with Crippen LogP contribution in [-0.2, 0) is 8.85 Å². The molecule has 1 rings (SSSR count). The van der Waals surface area contributed by atoms with E-state index in [4.69, 9.17) is 8.85 Å². The third-order valence-corrected chi connectivity index (χ3v) is 6.80. The molecule has 0 atom stereocenters. The summed E-state index contributed by atoms with van der Waals surface area (Å²) < 4.78 is 11.2. The van der Waals surface area contributed by atoms with Gasteiger partial charge in [0.15, 0.2) is 0 Å². The third kappa shape index (κ3) is 4.50. The maximum Gasteiger partial charge on any atom is 0.337 e. The van der Waals surface area contributed by atoms with Gasteiger partial charge in [0.2, 0.25) is 0 Å². The van der Waals surface area contributed by atoms with Crippen molar-refractivity contribution in [2.24, 2.45) is 0 Å². The van der Waals surface area contributed by atoms with E-state index in [1.165, 1.54) is 5.69 Å². The van der Waals surface area contributed by atoms with E-state index in [-0.39, 0.29) is 0 Å². The first kappa shape index (κ1) is 14.2. The van der Waals surface area contributed by atoms with Crippen molar-refractivity contribution in [1.29, 1.82) is 0 Å². The first-order valence-corrected chi connectivity index (χ1v) is 8.38. The second-order valence-electron chi connectivity index (χ2n) is 4.07. The van der Waals surface area contributed by atoms with Crippen molar-refractivity contribution >= 4 is 14.2 Å². The fourth-order valence-corrected chi connectivity index (χ4v) is 4.12. The van der Waals surface area contributed by atoms with Crippen LogP contribution in [0.4, 0.5) is 5.69 Å². The van der Waals surface area contributed by atoms with E-state index in [1.54, 1.807) is 14.2 Å². The maximum atomic E-state index is 5.58. The number of hydrogen-bond acceptors (Lipinski definition) is 3. The third-order valence-electron chi connectivity index (χ3n) is 3.12. The minimum absolute atomic E-state index is 0.964. The topological polar surface area (TPSA) is 30.5 Å². The molecule has 0 spiro atoms. The molecule has 0 aliphatic heterocycles. The highest BCUT2D eigenvalue weighted by Crippen LogP contribution is 2.19. The zero-order chi connectivity index (χ0) is 12.6. The number of hydrogen-bond donors (Lipinski definition) is 1. The molecule has 0 saturated heterocycles. The minimum atomic E-state index is -1.90. The molecule has 3 nitrogen and oxygen atoms in total. The van der Waals surface area contributed by atoms with Gasteiger partial charge in [0.1, 0.15) is 0 Å². The van der Waals surface area contributed by atoms with Gasteiger partial charge >= 0.3 is 8.56 Å². The van der Waals surface area contributed by atoms with Gasteiger partial charge in [-0.15, -0.1) is 0 Å². The van der Waals surface area contributed by atoms with Crippen LogP contribution >= 0.6 is 0 Å². The fourth-order valence-electron chi connectivity index (χ4n) is 1.90. The zero-order valence-electron chi connectivity index (χ0n) is 11.0. The lowest BCUT2D eigenvalue weighted by Crippen LogP contribution is -2.39. The van der Waals surface area contributed by atoms with Crippen LogP contribution in [0.25, 0.3) is 0 Å². The molecule has 1 N–H and O–H groups in total. The smallest absolute Gasteiger partial charge is 0.337 e. The molecule has 0 amide bonds. The van der Waals surface area contributed by atoms with Crippen LogP contribution in [0.2, 0.25) is 12.1 Å². The quantitative estimate of drug-likeness (QED) is 0.570. The fraction of sp³-hybridized carbons (Fsp3) is 0.538. The highest BCUT2D eigenvalue weighted by Gasteiger charge is 2.32. The monoisotopic (exact) mass is 253 g/mol. The van der Waals surface area contributed by atoms with E-state index in [9.17, 15) is 0 Å². The summed E-state index contributed by atoms with van der Waals surface area (Å²) in [5.74, 6) is 0. The summed E-state index contributed by atoms with van der Waals surface area (Å²) in [6.07, 6.45) is 1.08. The zero-order valence-corrected chi connectivity index (χ0v) is 12.0. The molecular formula is C13H23NO2Si. The SMILES string of the molecule is CC[Si](CCCNc1ccccc1)(OC)OC. The summed E-state index contributed by atoms with van der Waals surface area (Å²) in [6.45, 7) is 3.11. The van der Waals surface area contributed by atoms with Gasteiger partial charge in [-0.1, -0.05) is 25.1 Å². The molecule has 4 heteroatoms. The predicted molar refractivity (Wildman–Crippen MR) is 74.6 cm³/mol. The lowest BCUT2D eigenvalue weighted by Gasteiger charge is -2.26. The highest BCUT2D eigenvalue weighted by atomic mass is 28.4. The molecular weight excluding hydrogens is 230 g/mol. The Hall–Kier alpha value is -0.843. The van der Waals surface area contributed by atoms with Crippen LogP contribution in [0.15, 0.2) is 30.3 Å². The van der Waals surface area contributed by atoms with Crippen molar-refractivity contribution in [3.63, 3.8) is 0 Å². The molecule has 0 bridgehead atoms. The number of para-hydroxylation sites is 1. The van der Waals surface area contributed by atoms with Crippen molar-refractivity contribution in [2.75, 3.05) is 26.1 Å². The molecule has 1 aromatic rings. The van der Waals surface area contributed by atoms with Crippen LogP contribution in [0.3, 0.4) is 0 Å². The van der Waals surface area contributed by atoms with Gasteiger partial charge in [-0.3, -0.25) is 0 Å². The maximum absolute atomic E-state index is 5.58. The summed E-state index contributed by atoms with van der Waals surface area (Å²) in [4.78, 5) is 0. The van der Waals surface area contributed by atoms with Crippen LogP contribution in [0.1, 0.15) is 13.3 Å². The van der Waals surface area contributed by atoms with E-state index < -0.39 is 8.56 Å². The first-order valence-electron chi connectivity index (χ1n) is 6.15. The molecule has 17 heavy (non-hydrogen) atoms. The number of rotatable bonds is 8. The van der Waals surface area contributed by atoms with Gasteiger partial charge in [-0.25, -0.2) is 0 Å². The van der Waals surface area contributed by atoms with Gasteiger partial charge < -0.3 is 14.2 Å². The molecule has 0 aromatic heterocycles. The Bertz CT molecular complexity index is 293. The normalized spacial score (nSPS) is 11.5. The van der Waals surface area contributed by atoms with Crippen molar-refractivity contribution in [1.82, 2.24) is 0 Å². The number of benzene rings is 1.